The van der Waals surface area contributed by atoms with Crippen molar-refractivity contribution in [2.75, 3.05) is 11.0 Å². The van der Waals surface area contributed by atoms with E-state index in [2.05, 4.69) is 5.10 Å². The van der Waals surface area contributed by atoms with E-state index in [0.717, 1.165) is 19.4 Å². The molecule has 26 heavy (non-hydrogen) atoms. The first-order valence-electron chi connectivity index (χ1n) is 6.57. The minimum atomic E-state index is -4.96. The second kappa shape index (κ2) is 6.35. The molecule has 0 bridgehead atoms. The molecule has 2 rings (SSSR count). The highest BCUT2D eigenvalue weighted by Crippen LogP contribution is 2.28. The molecule has 0 aliphatic rings. The van der Waals surface area contributed by atoms with Crippen LogP contribution in [0.15, 0.2) is 16.9 Å². The molecular formula is C12H11F4N5O3S2. The first-order valence-corrected chi connectivity index (χ1v) is 8.87. The predicted molar refractivity (Wildman–Crippen MR) is 88.1 cm³/mol. The molecule has 0 amide bonds. The molecule has 0 atom stereocenters. The lowest BCUT2D eigenvalue weighted by Crippen LogP contribution is -2.25. The average Bonchev–Trinajstić information content (AvgIpc) is 2.75. The van der Waals surface area contributed by atoms with Gasteiger partial charge < -0.3 is 5.73 Å². The van der Waals surface area contributed by atoms with Gasteiger partial charge in [-0.1, -0.05) is 12.2 Å². The molecule has 3 N–H and O–H groups in total. The van der Waals surface area contributed by atoms with Crippen molar-refractivity contribution in [2.24, 2.45) is 12.8 Å². The number of nitrogens with two attached hydrogens (primary N) is 1. The molecule has 14 heteroatoms. The molecule has 2 aromatic rings. The van der Waals surface area contributed by atoms with Crippen molar-refractivity contribution in [1.82, 2.24) is 14.3 Å². The molecule has 0 aliphatic carbocycles. The molecule has 1 aromatic heterocycles. The van der Waals surface area contributed by atoms with Crippen LogP contribution in [0.3, 0.4) is 0 Å². The van der Waals surface area contributed by atoms with Crippen LogP contribution in [0.2, 0.25) is 0 Å². The molecule has 0 unspecified atom stereocenters. The molecule has 0 fully saturated rings. The number of rotatable bonds is 4. The third-order valence-corrected chi connectivity index (χ3v) is 3.92. The standard InChI is InChI=1S/C12H11F4N5O3S2/c1-20-10(12(14,15)16)18-21(11(20)22)8-4-7(19-26(2,23)24)5(9(17)25)3-6(8)13/h3-4,19H,1-2H3,(H2,17,25). The summed E-state index contributed by atoms with van der Waals surface area (Å²) < 4.78 is 78.2. The Balaban J connectivity index is 2.78. The van der Waals surface area contributed by atoms with E-state index >= 15 is 0 Å². The second-order valence-electron chi connectivity index (χ2n) is 5.16. The molecule has 1 aromatic carbocycles. The third kappa shape index (κ3) is 3.85. The summed E-state index contributed by atoms with van der Waals surface area (Å²) in [7, 11) is -3.05. The number of benzene rings is 1. The molecule has 0 saturated carbocycles. The zero-order chi connectivity index (χ0) is 20.0. The van der Waals surface area contributed by atoms with Gasteiger partial charge in [-0.2, -0.15) is 17.9 Å². The average molecular weight is 413 g/mol. The fourth-order valence-corrected chi connectivity index (χ4v) is 2.79. The van der Waals surface area contributed by atoms with Gasteiger partial charge in [0, 0.05) is 12.6 Å². The summed E-state index contributed by atoms with van der Waals surface area (Å²) in [4.78, 5) is 11.6. The van der Waals surface area contributed by atoms with Gasteiger partial charge in [-0.05, 0) is 12.1 Å². The summed E-state index contributed by atoms with van der Waals surface area (Å²) in [6, 6.07) is 1.47. The van der Waals surface area contributed by atoms with E-state index in [4.69, 9.17) is 18.0 Å². The largest absolute Gasteiger partial charge is 0.451 e. The van der Waals surface area contributed by atoms with E-state index in [-0.39, 0.29) is 25.5 Å². The van der Waals surface area contributed by atoms with Crippen molar-refractivity contribution >= 4 is 32.9 Å². The number of anilines is 1. The van der Waals surface area contributed by atoms with Crippen LogP contribution in [0, 0.1) is 5.82 Å². The number of nitrogens with zero attached hydrogens (tertiary/aromatic N) is 3. The van der Waals surface area contributed by atoms with Gasteiger partial charge >= 0.3 is 11.9 Å². The summed E-state index contributed by atoms with van der Waals surface area (Å²) in [6.07, 6.45) is -4.17. The van der Waals surface area contributed by atoms with Gasteiger partial charge in [-0.3, -0.25) is 9.29 Å². The van der Waals surface area contributed by atoms with Gasteiger partial charge in [0.2, 0.25) is 15.8 Å². The summed E-state index contributed by atoms with van der Waals surface area (Å²) in [6.45, 7) is 0. The van der Waals surface area contributed by atoms with Crippen molar-refractivity contribution < 1.29 is 26.0 Å². The number of halogens is 4. The first-order chi connectivity index (χ1) is 11.7. The number of hydrogen-bond donors (Lipinski definition) is 2. The zero-order valence-corrected chi connectivity index (χ0v) is 14.8. The molecule has 0 saturated heterocycles. The number of nitrogens with one attached hydrogen (secondary N) is 1. The fourth-order valence-electron chi connectivity index (χ4n) is 2.05. The lowest BCUT2D eigenvalue weighted by Gasteiger charge is -2.12. The maximum absolute atomic E-state index is 14.3. The van der Waals surface area contributed by atoms with Crippen molar-refractivity contribution in [2.45, 2.75) is 6.18 Å². The zero-order valence-electron chi connectivity index (χ0n) is 13.1. The van der Waals surface area contributed by atoms with Gasteiger partial charge in [0.25, 0.3) is 0 Å². The number of sulfonamides is 1. The lowest BCUT2D eigenvalue weighted by atomic mass is 10.1. The quantitative estimate of drug-likeness (QED) is 0.565. The van der Waals surface area contributed by atoms with E-state index in [1.54, 1.807) is 0 Å². The smallest absolute Gasteiger partial charge is 0.389 e. The van der Waals surface area contributed by atoms with Gasteiger partial charge in [0.05, 0.1) is 11.9 Å². The highest BCUT2D eigenvalue weighted by atomic mass is 32.2. The number of aromatic nitrogens is 3. The third-order valence-electron chi connectivity index (χ3n) is 3.11. The highest BCUT2D eigenvalue weighted by Gasteiger charge is 2.38. The lowest BCUT2D eigenvalue weighted by molar-refractivity contribution is -0.147. The Morgan fingerprint density at radius 2 is 1.92 bits per heavy atom. The Labute approximate surface area is 149 Å². The maximum atomic E-state index is 14.3. The molecule has 1 heterocycles. The normalized spacial score (nSPS) is 12.2. The number of hydrogen-bond acceptors (Lipinski definition) is 5. The fraction of sp³-hybridized carbons (Fsp3) is 0.250. The summed E-state index contributed by atoms with van der Waals surface area (Å²) >= 11 is 4.70. The molecule has 0 aliphatic heterocycles. The van der Waals surface area contributed by atoms with E-state index in [9.17, 15) is 30.8 Å². The van der Waals surface area contributed by atoms with Crippen molar-refractivity contribution in [3.05, 3.63) is 39.8 Å². The van der Waals surface area contributed by atoms with Crippen LogP contribution >= 0.6 is 12.2 Å². The topological polar surface area (TPSA) is 112 Å². The molecule has 0 spiro atoms. The predicted octanol–water partition coefficient (Wildman–Crippen LogP) is 0.735. The van der Waals surface area contributed by atoms with Crippen LogP contribution in [-0.4, -0.2) is 34.0 Å². The highest BCUT2D eigenvalue weighted by molar-refractivity contribution is 7.92. The Morgan fingerprint density at radius 3 is 2.35 bits per heavy atom. The van der Waals surface area contributed by atoms with Crippen LogP contribution in [0.4, 0.5) is 23.2 Å². The van der Waals surface area contributed by atoms with Crippen LogP contribution in [-0.2, 0) is 23.2 Å². The first kappa shape index (κ1) is 19.8. The number of thiocarbonyl (C=S) groups is 1. The van der Waals surface area contributed by atoms with Gasteiger partial charge in [0.15, 0.2) is 0 Å². The Hall–Kier alpha value is -2.48. The van der Waals surface area contributed by atoms with Crippen LogP contribution in [0.5, 0.6) is 0 Å². The van der Waals surface area contributed by atoms with Gasteiger partial charge in [-0.15, -0.1) is 5.10 Å². The summed E-state index contributed by atoms with van der Waals surface area (Å²) in [5.74, 6) is -2.74. The molecule has 142 valence electrons. The molecule has 8 nitrogen and oxygen atoms in total. The van der Waals surface area contributed by atoms with E-state index in [1.165, 1.54) is 0 Å². The van der Waals surface area contributed by atoms with Gasteiger partial charge in [0.1, 0.15) is 16.5 Å². The monoisotopic (exact) mass is 413 g/mol. The van der Waals surface area contributed by atoms with E-state index < -0.39 is 39.2 Å². The number of alkyl halides is 3. The summed E-state index contributed by atoms with van der Waals surface area (Å²) in [5, 5.41) is 3.08. The van der Waals surface area contributed by atoms with Crippen LogP contribution < -0.4 is 16.1 Å². The van der Waals surface area contributed by atoms with Crippen molar-refractivity contribution in [3.63, 3.8) is 0 Å². The molecular weight excluding hydrogens is 402 g/mol. The second-order valence-corrected chi connectivity index (χ2v) is 7.35. The molecule has 0 radical (unpaired) electrons. The van der Waals surface area contributed by atoms with E-state index in [1.807, 2.05) is 4.72 Å². The van der Waals surface area contributed by atoms with Gasteiger partial charge in [-0.25, -0.2) is 17.6 Å². The minimum absolute atomic E-state index is 0.162. The maximum Gasteiger partial charge on any atom is 0.451 e. The van der Waals surface area contributed by atoms with Crippen molar-refractivity contribution in [1.29, 1.82) is 0 Å². The SMILES string of the molecule is Cn1c(C(F)(F)F)nn(-c2cc(NS(C)(=O)=O)c(C(N)=S)cc2F)c1=O. The van der Waals surface area contributed by atoms with Crippen LogP contribution in [0.25, 0.3) is 5.69 Å². The Kier molecular flexibility index (Phi) is 4.85. The Morgan fingerprint density at radius 1 is 1.35 bits per heavy atom. The van der Waals surface area contributed by atoms with Crippen LogP contribution in [0.1, 0.15) is 11.4 Å². The summed E-state index contributed by atoms with van der Waals surface area (Å²) in [5.41, 5.74) is 2.86. The Bertz CT molecular complexity index is 1060. The minimum Gasteiger partial charge on any atom is -0.389 e. The van der Waals surface area contributed by atoms with Crippen molar-refractivity contribution in [3.8, 4) is 5.69 Å². The van der Waals surface area contributed by atoms with E-state index in [0.29, 0.717) is 6.07 Å².